The summed E-state index contributed by atoms with van der Waals surface area (Å²) in [5.41, 5.74) is 3.43. The molecule has 144 valence electrons. The molecule has 0 fully saturated rings. The van der Waals surface area contributed by atoms with Gasteiger partial charge in [-0.15, -0.1) is 0 Å². The fourth-order valence-electron chi connectivity index (χ4n) is 2.89. The van der Waals surface area contributed by atoms with Crippen molar-refractivity contribution in [2.24, 2.45) is 0 Å². The van der Waals surface area contributed by atoms with Crippen molar-refractivity contribution >= 4 is 29.0 Å². The number of benzene rings is 1. The van der Waals surface area contributed by atoms with Gasteiger partial charge in [-0.1, -0.05) is 0 Å². The van der Waals surface area contributed by atoms with Gasteiger partial charge in [0.1, 0.15) is 0 Å². The molecular weight excluding hydrogens is 346 g/mol. The maximum atomic E-state index is 12.8. The largest absolute Gasteiger partial charge is 0.462 e. The number of ether oxygens (including phenoxy) is 1. The molecule has 7 nitrogen and oxygen atoms in total. The summed E-state index contributed by atoms with van der Waals surface area (Å²) >= 11 is 0. The molecule has 0 aliphatic carbocycles. The van der Waals surface area contributed by atoms with Gasteiger partial charge in [0.25, 0.3) is 0 Å². The monoisotopic (exact) mass is 371 g/mol. The summed E-state index contributed by atoms with van der Waals surface area (Å²) in [6.45, 7) is 8.69. The quantitative estimate of drug-likeness (QED) is 0.511. The van der Waals surface area contributed by atoms with E-state index in [2.05, 4.69) is 15.6 Å². The van der Waals surface area contributed by atoms with E-state index in [1.165, 1.54) is 6.92 Å². The number of amides is 1. The third-order valence-corrected chi connectivity index (χ3v) is 4.15. The molecule has 0 bridgehead atoms. The number of hydrogen-bond acceptors (Lipinski definition) is 5. The molecule has 0 spiro atoms. The molecule has 1 aromatic heterocycles. The number of nitrogens with one attached hydrogen (secondary N) is 3. The van der Waals surface area contributed by atoms with Crippen LogP contribution in [0.15, 0.2) is 24.3 Å². The Morgan fingerprint density at radius 2 is 1.70 bits per heavy atom. The Balaban J connectivity index is 2.14. The third-order valence-electron chi connectivity index (χ3n) is 4.15. The van der Waals surface area contributed by atoms with Crippen LogP contribution in [0.1, 0.15) is 52.9 Å². The van der Waals surface area contributed by atoms with Crippen molar-refractivity contribution < 1.29 is 19.1 Å². The number of ketones is 1. The minimum absolute atomic E-state index is 0.144. The van der Waals surface area contributed by atoms with E-state index in [-0.39, 0.29) is 18.3 Å². The number of aromatic nitrogens is 1. The van der Waals surface area contributed by atoms with E-state index in [9.17, 15) is 14.4 Å². The van der Waals surface area contributed by atoms with E-state index >= 15 is 0 Å². The van der Waals surface area contributed by atoms with E-state index in [1.807, 2.05) is 0 Å². The molecular formula is C20H25N3O4. The first-order chi connectivity index (χ1) is 12.7. The molecule has 1 heterocycles. The maximum Gasteiger partial charge on any atom is 0.340 e. The summed E-state index contributed by atoms with van der Waals surface area (Å²) in [5, 5.41) is 5.82. The normalized spacial score (nSPS) is 11.6. The van der Waals surface area contributed by atoms with Crippen molar-refractivity contribution in [3.63, 3.8) is 0 Å². The van der Waals surface area contributed by atoms with Crippen molar-refractivity contribution in [2.45, 2.75) is 40.7 Å². The highest BCUT2D eigenvalue weighted by molar-refractivity contribution is 6.04. The summed E-state index contributed by atoms with van der Waals surface area (Å²) in [4.78, 5) is 39.0. The van der Waals surface area contributed by atoms with Gasteiger partial charge >= 0.3 is 5.97 Å². The molecule has 2 rings (SSSR count). The highest BCUT2D eigenvalue weighted by Crippen LogP contribution is 2.22. The molecule has 1 unspecified atom stereocenters. The molecule has 0 radical (unpaired) electrons. The zero-order chi connectivity index (χ0) is 20.1. The summed E-state index contributed by atoms with van der Waals surface area (Å²) < 4.78 is 5.06. The minimum Gasteiger partial charge on any atom is -0.462 e. The number of carbonyl (C=O) groups is 3. The summed E-state index contributed by atoms with van der Waals surface area (Å²) in [5.74, 6) is -0.733. The highest BCUT2D eigenvalue weighted by atomic mass is 16.5. The zero-order valence-electron chi connectivity index (χ0n) is 16.2. The molecule has 1 aromatic carbocycles. The first-order valence-corrected chi connectivity index (χ1v) is 8.79. The predicted molar refractivity (Wildman–Crippen MR) is 104 cm³/mol. The fraction of sp³-hybridized carbons (Fsp3) is 0.350. The van der Waals surface area contributed by atoms with Crippen molar-refractivity contribution in [1.82, 2.24) is 4.98 Å². The van der Waals surface area contributed by atoms with Crippen molar-refractivity contribution in [2.75, 3.05) is 17.2 Å². The molecule has 0 saturated heterocycles. The number of aromatic amines is 1. The molecule has 3 N–H and O–H groups in total. The van der Waals surface area contributed by atoms with Crippen LogP contribution in [-0.2, 0) is 9.53 Å². The second-order valence-electron chi connectivity index (χ2n) is 6.33. The standard InChI is InChI=1S/C20H25N3O4/c1-6-27-20(26)17-11(2)18(22-12(17)3)19(25)13(4)21-15-7-9-16(10-8-15)23-14(5)24/h7-10,13,21-22H,6H2,1-5H3,(H,23,24). The van der Waals surface area contributed by atoms with Crippen molar-refractivity contribution in [1.29, 1.82) is 0 Å². The van der Waals surface area contributed by atoms with Crippen LogP contribution in [-0.4, -0.2) is 35.3 Å². The maximum absolute atomic E-state index is 12.8. The first-order valence-electron chi connectivity index (χ1n) is 8.79. The Morgan fingerprint density at radius 3 is 2.26 bits per heavy atom. The van der Waals surface area contributed by atoms with Gasteiger partial charge in [0.05, 0.1) is 23.9 Å². The third kappa shape index (κ3) is 4.75. The smallest absolute Gasteiger partial charge is 0.340 e. The Hall–Kier alpha value is -3.09. The second-order valence-corrected chi connectivity index (χ2v) is 6.33. The van der Waals surface area contributed by atoms with Crippen LogP contribution >= 0.6 is 0 Å². The lowest BCUT2D eigenvalue weighted by molar-refractivity contribution is -0.114. The molecule has 0 aliphatic heterocycles. The number of hydrogen-bond donors (Lipinski definition) is 3. The lowest BCUT2D eigenvalue weighted by Crippen LogP contribution is -2.27. The molecule has 7 heteroatoms. The lowest BCUT2D eigenvalue weighted by Gasteiger charge is -2.14. The number of H-pyrrole nitrogens is 1. The van der Waals surface area contributed by atoms with Crippen molar-refractivity contribution in [3.05, 3.63) is 46.8 Å². The van der Waals surface area contributed by atoms with E-state index in [1.54, 1.807) is 52.0 Å². The van der Waals surface area contributed by atoms with E-state index in [0.29, 0.717) is 28.2 Å². The Kier molecular flexibility index (Phi) is 6.39. The van der Waals surface area contributed by atoms with Crippen LogP contribution < -0.4 is 10.6 Å². The number of rotatable bonds is 7. The van der Waals surface area contributed by atoms with Gasteiger partial charge < -0.3 is 20.4 Å². The molecule has 0 aliphatic rings. The van der Waals surface area contributed by atoms with Crippen LogP contribution in [0.3, 0.4) is 0 Å². The average molecular weight is 371 g/mol. The van der Waals surface area contributed by atoms with Gasteiger partial charge in [-0.3, -0.25) is 9.59 Å². The van der Waals surface area contributed by atoms with Crippen LogP contribution in [0.2, 0.25) is 0 Å². The number of anilines is 2. The van der Waals surface area contributed by atoms with Gasteiger partial charge in [-0.2, -0.15) is 0 Å². The van der Waals surface area contributed by atoms with Gasteiger partial charge in [0.2, 0.25) is 11.7 Å². The number of carbonyl (C=O) groups excluding carboxylic acids is 3. The topological polar surface area (TPSA) is 100 Å². The van der Waals surface area contributed by atoms with Crippen LogP contribution in [0.4, 0.5) is 11.4 Å². The van der Waals surface area contributed by atoms with E-state index in [4.69, 9.17) is 4.74 Å². The Labute approximate surface area is 158 Å². The molecule has 1 amide bonds. The minimum atomic E-state index is -0.511. The summed E-state index contributed by atoms with van der Waals surface area (Å²) in [6, 6.07) is 6.56. The van der Waals surface area contributed by atoms with Crippen LogP contribution in [0, 0.1) is 13.8 Å². The molecule has 1 atom stereocenters. The van der Waals surface area contributed by atoms with Gasteiger partial charge in [0, 0.05) is 24.0 Å². The highest BCUT2D eigenvalue weighted by Gasteiger charge is 2.25. The van der Waals surface area contributed by atoms with Gasteiger partial charge in [0.15, 0.2) is 0 Å². The predicted octanol–water partition coefficient (Wildman–Crippen LogP) is 3.45. The second kappa shape index (κ2) is 8.53. The number of esters is 1. The summed E-state index contributed by atoms with van der Waals surface area (Å²) in [7, 11) is 0. The molecule has 0 saturated carbocycles. The molecule has 27 heavy (non-hydrogen) atoms. The Morgan fingerprint density at radius 1 is 1.11 bits per heavy atom. The number of Topliss-reactive ketones (excluding diaryl/α,β-unsaturated/α-hetero) is 1. The van der Waals surface area contributed by atoms with Gasteiger partial charge in [-0.05, 0) is 57.5 Å². The van der Waals surface area contributed by atoms with Crippen LogP contribution in [0.5, 0.6) is 0 Å². The molecule has 2 aromatic rings. The van der Waals surface area contributed by atoms with Crippen molar-refractivity contribution in [3.8, 4) is 0 Å². The van der Waals surface area contributed by atoms with E-state index in [0.717, 1.165) is 5.69 Å². The van der Waals surface area contributed by atoms with Gasteiger partial charge in [-0.25, -0.2) is 4.79 Å². The average Bonchev–Trinajstić information content (AvgIpc) is 2.90. The summed E-state index contributed by atoms with van der Waals surface area (Å²) in [6.07, 6.45) is 0. The zero-order valence-corrected chi connectivity index (χ0v) is 16.2. The number of aryl methyl sites for hydroxylation is 1. The van der Waals surface area contributed by atoms with Crippen LogP contribution in [0.25, 0.3) is 0 Å². The van der Waals surface area contributed by atoms with E-state index < -0.39 is 12.0 Å². The fourth-order valence-corrected chi connectivity index (χ4v) is 2.89. The Bertz CT molecular complexity index is 853. The lowest BCUT2D eigenvalue weighted by atomic mass is 10.0. The SMILES string of the molecule is CCOC(=O)c1c(C)[nH]c(C(=O)C(C)Nc2ccc(NC(C)=O)cc2)c1C. The first kappa shape index (κ1) is 20.2.